The lowest BCUT2D eigenvalue weighted by Crippen LogP contribution is -2.47. The smallest absolute Gasteiger partial charge is 0.243 e. The molecule has 2 atom stereocenters. The van der Waals surface area contributed by atoms with Crippen LogP contribution < -0.4 is 4.74 Å². The molecule has 0 saturated carbocycles. The van der Waals surface area contributed by atoms with Crippen LogP contribution in [0.2, 0.25) is 0 Å². The molecule has 1 heterocycles. The van der Waals surface area contributed by atoms with Crippen molar-refractivity contribution in [3.63, 3.8) is 0 Å². The van der Waals surface area contributed by atoms with Crippen molar-refractivity contribution in [2.75, 3.05) is 6.61 Å². The van der Waals surface area contributed by atoms with Crippen LogP contribution >= 0.6 is 0 Å². The van der Waals surface area contributed by atoms with E-state index in [0.29, 0.717) is 6.61 Å². The Morgan fingerprint density at radius 1 is 1.29 bits per heavy atom. The maximum absolute atomic E-state index is 13.9. The lowest BCUT2D eigenvalue weighted by molar-refractivity contribution is 0.204. The van der Waals surface area contributed by atoms with Crippen LogP contribution in [-0.2, 0) is 10.0 Å². The predicted octanol–water partition coefficient (Wildman–Crippen LogP) is 3.18. The van der Waals surface area contributed by atoms with Gasteiger partial charge in [-0.05, 0) is 51.8 Å². The van der Waals surface area contributed by atoms with Crippen LogP contribution in [0.25, 0.3) is 0 Å². The van der Waals surface area contributed by atoms with Crippen LogP contribution in [0.5, 0.6) is 5.75 Å². The Morgan fingerprint density at radius 2 is 1.90 bits per heavy atom. The van der Waals surface area contributed by atoms with Crippen molar-refractivity contribution in [3.05, 3.63) is 24.0 Å². The topological polar surface area (TPSA) is 46.6 Å². The molecule has 1 aromatic rings. The van der Waals surface area contributed by atoms with Crippen molar-refractivity contribution in [1.82, 2.24) is 4.31 Å². The van der Waals surface area contributed by atoms with Crippen LogP contribution in [0.3, 0.4) is 0 Å². The number of rotatable bonds is 4. The molecule has 0 radical (unpaired) electrons. The molecular weight excluding hydrogens is 293 g/mol. The molecule has 0 N–H and O–H groups in total. The number of benzene rings is 1. The summed E-state index contributed by atoms with van der Waals surface area (Å²) in [5.41, 5.74) is 0. The van der Waals surface area contributed by atoms with Crippen molar-refractivity contribution >= 4 is 10.0 Å². The highest BCUT2D eigenvalue weighted by Crippen LogP contribution is 2.31. The minimum atomic E-state index is -3.68. The molecule has 6 heteroatoms. The number of hydrogen-bond donors (Lipinski definition) is 0. The van der Waals surface area contributed by atoms with E-state index in [1.807, 2.05) is 13.8 Å². The molecule has 2 unspecified atom stereocenters. The van der Waals surface area contributed by atoms with E-state index in [4.69, 9.17) is 4.74 Å². The average molecular weight is 315 g/mol. The number of sulfonamides is 1. The van der Waals surface area contributed by atoms with Crippen molar-refractivity contribution in [3.8, 4) is 5.75 Å². The highest BCUT2D eigenvalue weighted by atomic mass is 32.2. The second-order valence-corrected chi connectivity index (χ2v) is 7.33. The van der Waals surface area contributed by atoms with E-state index in [1.165, 1.54) is 16.4 Å². The zero-order valence-corrected chi connectivity index (χ0v) is 13.5. The summed E-state index contributed by atoms with van der Waals surface area (Å²) in [5.74, 6) is -0.563. The highest BCUT2D eigenvalue weighted by molar-refractivity contribution is 7.89. The van der Waals surface area contributed by atoms with Gasteiger partial charge < -0.3 is 4.74 Å². The van der Waals surface area contributed by atoms with E-state index in [-0.39, 0.29) is 22.7 Å². The summed E-state index contributed by atoms with van der Waals surface area (Å²) in [6.07, 6.45) is 2.69. The standard InChI is InChI=1S/C15H22FNO3S/c1-4-20-15-9-8-13(10-14(15)16)21(18,19)17-11(2)6-5-7-12(17)3/h8-12H,4-7H2,1-3H3. The van der Waals surface area contributed by atoms with Crippen LogP contribution in [0, 0.1) is 5.82 Å². The molecule has 0 aromatic heterocycles. The Labute approximate surface area is 126 Å². The van der Waals surface area contributed by atoms with Crippen molar-refractivity contribution < 1.29 is 17.5 Å². The Balaban J connectivity index is 2.37. The van der Waals surface area contributed by atoms with Gasteiger partial charge in [0, 0.05) is 12.1 Å². The highest BCUT2D eigenvalue weighted by Gasteiger charge is 2.35. The molecule has 0 bridgehead atoms. The second-order valence-electron chi connectivity index (χ2n) is 5.49. The molecule has 1 aliphatic rings. The van der Waals surface area contributed by atoms with Gasteiger partial charge in [-0.1, -0.05) is 6.42 Å². The fraction of sp³-hybridized carbons (Fsp3) is 0.600. The molecule has 0 aliphatic carbocycles. The average Bonchev–Trinajstić information content (AvgIpc) is 2.40. The minimum absolute atomic E-state index is 0.0101. The first-order valence-electron chi connectivity index (χ1n) is 7.33. The third-order valence-corrected chi connectivity index (χ3v) is 6.02. The van der Waals surface area contributed by atoms with E-state index in [2.05, 4.69) is 0 Å². The Morgan fingerprint density at radius 3 is 2.43 bits per heavy atom. The maximum atomic E-state index is 13.9. The SMILES string of the molecule is CCOc1ccc(S(=O)(=O)N2C(C)CCCC2C)cc1F. The molecule has 0 spiro atoms. The molecule has 0 amide bonds. The van der Waals surface area contributed by atoms with E-state index >= 15 is 0 Å². The Kier molecular flexibility index (Phi) is 4.88. The monoisotopic (exact) mass is 315 g/mol. The molecular formula is C15H22FNO3S. The fourth-order valence-corrected chi connectivity index (χ4v) is 4.80. The third-order valence-electron chi connectivity index (χ3n) is 3.89. The number of halogens is 1. The van der Waals surface area contributed by atoms with Gasteiger partial charge in [-0.15, -0.1) is 0 Å². The van der Waals surface area contributed by atoms with Crippen LogP contribution in [-0.4, -0.2) is 31.4 Å². The molecule has 1 aliphatic heterocycles. The Bertz CT molecular complexity index is 593. The van der Waals surface area contributed by atoms with Crippen molar-refractivity contribution in [1.29, 1.82) is 0 Å². The first kappa shape index (κ1) is 16.2. The van der Waals surface area contributed by atoms with Gasteiger partial charge in [0.1, 0.15) is 0 Å². The van der Waals surface area contributed by atoms with Gasteiger partial charge >= 0.3 is 0 Å². The number of nitrogens with zero attached hydrogens (tertiary/aromatic N) is 1. The first-order valence-corrected chi connectivity index (χ1v) is 8.77. The lowest BCUT2D eigenvalue weighted by Gasteiger charge is -2.37. The molecule has 4 nitrogen and oxygen atoms in total. The van der Waals surface area contributed by atoms with Gasteiger partial charge in [-0.2, -0.15) is 4.31 Å². The normalized spacial score (nSPS) is 24.0. The molecule has 2 rings (SSSR count). The maximum Gasteiger partial charge on any atom is 0.243 e. The summed E-state index contributed by atoms with van der Waals surface area (Å²) < 4.78 is 46.0. The second kappa shape index (κ2) is 6.32. The molecule has 118 valence electrons. The number of ether oxygens (including phenoxy) is 1. The Hall–Kier alpha value is -1.14. The largest absolute Gasteiger partial charge is 0.491 e. The quantitative estimate of drug-likeness (QED) is 0.857. The zero-order chi connectivity index (χ0) is 15.6. The summed E-state index contributed by atoms with van der Waals surface area (Å²) in [4.78, 5) is -0.0101. The molecule has 1 fully saturated rings. The van der Waals surface area contributed by atoms with E-state index in [0.717, 1.165) is 25.3 Å². The molecule has 1 saturated heterocycles. The van der Waals surface area contributed by atoms with Crippen LogP contribution in [0.1, 0.15) is 40.0 Å². The summed E-state index contributed by atoms with van der Waals surface area (Å²) in [6.45, 7) is 5.89. The minimum Gasteiger partial charge on any atom is -0.491 e. The first-order chi connectivity index (χ1) is 9.87. The van der Waals surface area contributed by atoms with E-state index in [9.17, 15) is 12.8 Å². The summed E-state index contributed by atoms with van der Waals surface area (Å²) in [7, 11) is -3.68. The van der Waals surface area contributed by atoms with E-state index in [1.54, 1.807) is 6.92 Å². The third kappa shape index (κ3) is 3.21. The van der Waals surface area contributed by atoms with Gasteiger partial charge in [0.2, 0.25) is 10.0 Å². The summed E-state index contributed by atoms with van der Waals surface area (Å²) >= 11 is 0. The van der Waals surface area contributed by atoms with Crippen LogP contribution in [0.4, 0.5) is 4.39 Å². The van der Waals surface area contributed by atoms with Gasteiger partial charge in [0.15, 0.2) is 11.6 Å². The van der Waals surface area contributed by atoms with Gasteiger partial charge in [-0.25, -0.2) is 12.8 Å². The van der Waals surface area contributed by atoms with Gasteiger partial charge in [0.05, 0.1) is 11.5 Å². The lowest BCUT2D eigenvalue weighted by atomic mass is 10.0. The van der Waals surface area contributed by atoms with E-state index < -0.39 is 15.8 Å². The van der Waals surface area contributed by atoms with Gasteiger partial charge in [0.25, 0.3) is 0 Å². The van der Waals surface area contributed by atoms with Gasteiger partial charge in [-0.3, -0.25) is 0 Å². The van der Waals surface area contributed by atoms with Crippen molar-refractivity contribution in [2.45, 2.75) is 57.0 Å². The zero-order valence-electron chi connectivity index (χ0n) is 12.7. The predicted molar refractivity (Wildman–Crippen MR) is 79.4 cm³/mol. The molecule has 21 heavy (non-hydrogen) atoms. The fourth-order valence-electron chi connectivity index (χ4n) is 2.91. The summed E-state index contributed by atoms with van der Waals surface area (Å²) in [6, 6.07) is 3.72. The van der Waals surface area contributed by atoms with Crippen LogP contribution in [0.15, 0.2) is 23.1 Å². The number of hydrogen-bond acceptors (Lipinski definition) is 3. The summed E-state index contributed by atoms with van der Waals surface area (Å²) in [5, 5.41) is 0. The number of piperidine rings is 1. The van der Waals surface area contributed by atoms with Crippen molar-refractivity contribution in [2.24, 2.45) is 0 Å². The molecule has 1 aromatic carbocycles.